The number of hydrogen-bond donors (Lipinski definition) is 0. The summed E-state index contributed by atoms with van der Waals surface area (Å²) in [6, 6.07) is 22.0. The number of hydrogen-bond acceptors (Lipinski definition) is 0. The molecule has 24 heavy (non-hydrogen) atoms. The first-order valence-corrected chi connectivity index (χ1v) is 10.0. The molecule has 0 spiro atoms. The fourth-order valence-corrected chi connectivity index (χ4v) is 3.56. The molecule has 0 saturated heterocycles. The molecule has 0 atom stereocenters. The highest BCUT2D eigenvalue weighted by molar-refractivity contribution is 5.32. The largest absolute Gasteiger partial charge is 0.0654 e. The minimum Gasteiger partial charge on any atom is -0.0654 e. The van der Waals surface area contributed by atoms with Gasteiger partial charge in [0.15, 0.2) is 0 Å². The molecular weight excluding hydrogens is 288 g/mol. The Morgan fingerprint density at radius 2 is 0.958 bits per heavy atom. The smallest absolute Gasteiger partial charge is 0.00893 e. The van der Waals surface area contributed by atoms with E-state index >= 15 is 0 Å². The maximum absolute atomic E-state index is 2.29. The monoisotopic (exact) mass is 322 g/mol. The fourth-order valence-electron chi connectivity index (χ4n) is 3.56. The molecular formula is C24H34. The van der Waals surface area contributed by atoms with E-state index in [1.54, 1.807) is 0 Å². The van der Waals surface area contributed by atoms with Crippen LogP contribution >= 0.6 is 0 Å². The molecule has 0 aliphatic heterocycles. The van der Waals surface area contributed by atoms with Gasteiger partial charge in [-0.05, 0) is 17.5 Å². The predicted molar refractivity (Wildman–Crippen MR) is 107 cm³/mol. The van der Waals surface area contributed by atoms with Crippen LogP contribution in [-0.4, -0.2) is 0 Å². The highest BCUT2D eigenvalue weighted by Gasteiger charge is 2.13. The summed E-state index contributed by atoms with van der Waals surface area (Å²) in [4.78, 5) is 0. The van der Waals surface area contributed by atoms with Crippen molar-refractivity contribution in [3.8, 4) is 0 Å². The quantitative estimate of drug-likeness (QED) is 0.350. The molecule has 0 bridgehead atoms. The van der Waals surface area contributed by atoms with Gasteiger partial charge in [-0.2, -0.15) is 0 Å². The third-order valence-electron chi connectivity index (χ3n) is 5.00. The lowest BCUT2D eigenvalue weighted by Gasteiger charge is -2.18. The number of unbranched alkanes of at least 4 members (excludes halogenated alkanes) is 8. The first-order chi connectivity index (χ1) is 11.9. The SMILES string of the molecule is CCCCCCCCCCCC(c1ccccc1)c1ccccc1. The van der Waals surface area contributed by atoms with Crippen molar-refractivity contribution in [3.63, 3.8) is 0 Å². The molecule has 0 saturated carbocycles. The average molecular weight is 323 g/mol. The molecule has 0 aliphatic carbocycles. The summed E-state index contributed by atoms with van der Waals surface area (Å²) >= 11 is 0. The van der Waals surface area contributed by atoms with Crippen LogP contribution in [0.3, 0.4) is 0 Å². The Morgan fingerprint density at radius 1 is 0.542 bits per heavy atom. The predicted octanol–water partition coefficient (Wildman–Crippen LogP) is 7.74. The zero-order valence-electron chi connectivity index (χ0n) is 15.4. The van der Waals surface area contributed by atoms with Gasteiger partial charge in [-0.3, -0.25) is 0 Å². The molecule has 0 heteroatoms. The molecule has 2 aromatic carbocycles. The summed E-state index contributed by atoms with van der Waals surface area (Å²) in [6.45, 7) is 2.29. The fraction of sp³-hybridized carbons (Fsp3) is 0.500. The van der Waals surface area contributed by atoms with Crippen LogP contribution in [0.1, 0.15) is 88.2 Å². The summed E-state index contributed by atoms with van der Waals surface area (Å²) in [5.41, 5.74) is 2.92. The van der Waals surface area contributed by atoms with Crippen LogP contribution in [0, 0.1) is 0 Å². The Bertz CT molecular complexity index is 475. The molecule has 0 radical (unpaired) electrons. The van der Waals surface area contributed by atoms with Gasteiger partial charge in [0, 0.05) is 5.92 Å². The van der Waals surface area contributed by atoms with E-state index in [9.17, 15) is 0 Å². The maximum atomic E-state index is 2.29. The van der Waals surface area contributed by atoms with Gasteiger partial charge in [-0.15, -0.1) is 0 Å². The highest BCUT2D eigenvalue weighted by Crippen LogP contribution is 2.30. The second-order valence-corrected chi connectivity index (χ2v) is 6.99. The second-order valence-electron chi connectivity index (χ2n) is 6.99. The van der Waals surface area contributed by atoms with Crippen molar-refractivity contribution in [1.29, 1.82) is 0 Å². The number of benzene rings is 2. The van der Waals surface area contributed by atoms with E-state index < -0.39 is 0 Å². The van der Waals surface area contributed by atoms with Gasteiger partial charge in [0.25, 0.3) is 0 Å². The molecule has 2 rings (SSSR count). The Hall–Kier alpha value is -1.56. The second kappa shape index (κ2) is 11.9. The van der Waals surface area contributed by atoms with Crippen molar-refractivity contribution < 1.29 is 0 Å². The van der Waals surface area contributed by atoms with E-state index in [1.807, 2.05) is 0 Å². The first kappa shape index (κ1) is 18.8. The zero-order chi connectivity index (χ0) is 16.9. The van der Waals surface area contributed by atoms with Crippen molar-refractivity contribution in [3.05, 3.63) is 71.8 Å². The van der Waals surface area contributed by atoms with E-state index in [1.165, 1.54) is 75.3 Å². The van der Waals surface area contributed by atoms with Crippen molar-refractivity contribution in [2.75, 3.05) is 0 Å². The molecule has 0 aromatic heterocycles. The molecule has 0 nitrogen and oxygen atoms in total. The van der Waals surface area contributed by atoms with Crippen LogP contribution < -0.4 is 0 Å². The Kier molecular flexibility index (Phi) is 9.31. The zero-order valence-corrected chi connectivity index (χ0v) is 15.4. The molecule has 0 heterocycles. The summed E-state index contributed by atoms with van der Waals surface area (Å²) in [5.74, 6) is 0.553. The Balaban J connectivity index is 1.74. The highest BCUT2D eigenvalue weighted by atomic mass is 14.2. The van der Waals surface area contributed by atoms with Crippen molar-refractivity contribution >= 4 is 0 Å². The minimum absolute atomic E-state index is 0.553. The lowest BCUT2D eigenvalue weighted by Crippen LogP contribution is -2.01. The van der Waals surface area contributed by atoms with E-state index in [0.29, 0.717) is 5.92 Å². The molecule has 2 aromatic rings. The first-order valence-electron chi connectivity index (χ1n) is 10.0. The van der Waals surface area contributed by atoms with Crippen LogP contribution in [0.2, 0.25) is 0 Å². The Morgan fingerprint density at radius 3 is 1.42 bits per heavy atom. The summed E-state index contributed by atoms with van der Waals surface area (Å²) in [6.07, 6.45) is 13.9. The van der Waals surface area contributed by atoms with Crippen molar-refractivity contribution in [1.82, 2.24) is 0 Å². The standard InChI is InChI=1S/C24H34/c1-2-3-4-5-6-7-8-9-16-21-24(22-17-12-10-13-18-22)23-19-14-11-15-20-23/h10-15,17-20,24H,2-9,16,21H2,1H3. The molecule has 0 amide bonds. The van der Waals surface area contributed by atoms with Crippen LogP contribution in [0.5, 0.6) is 0 Å². The summed E-state index contributed by atoms with van der Waals surface area (Å²) < 4.78 is 0. The van der Waals surface area contributed by atoms with Gasteiger partial charge in [0.2, 0.25) is 0 Å². The topological polar surface area (TPSA) is 0 Å². The van der Waals surface area contributed by atoms with Crippen LogP contribution in [0.15, 0.2) is 60.7 Å². The molecule has 0 aliphatic rings. The van der Waals surface area contributed by atoms with Gasteiger partial charge in [0.05, 0.1) is 0 Å². The van der Waals surface area contributed by atoms with Gasteiger partial charge < -0.3 is 0 Å². The third kappa shape index (κ3) is 6.91. The van der Waals surface area contributed by atoms with E-state index in [0.717, 1.165) is 0 Å². The minimum atomic E-state index is 0.553. The van der Waals surface area contributed by atoms with Crippen LogP contribution in [0.25, 0.3) is 0 Å². The summed E-state index contributed by atoms with van der Waals surface area (Å²) in [5, 5.41) is 0. The van der Waals surface area contributed by atoms with Gasteiger partial charge in [0.1, 0.15) is 0 Å². The van der Waals surface area contributed by atoms with Gasteiger partial charge >= 0.3 is 0 Å². The lowest BCUT2D eigenvalue weighted by molar-refractivity contribution is 0.545. The molecule has 130 valence electrons. The van der Waals surface area contributed by atoms with E-state index in [2.05, 4.69) is 67.6 Å². The molecule has 0 fully saturated rings. The molecule has 0 unspecified atom stereocenters. The number of rotatable bonds is 12. The van der Waals surface area contributed by atoms with Crippen LogP contribution in [0.4, 0.5) is 0 Å². The summed E-state index contributed by atoms with van der Waals surface area (Å²) in [7, 11) is 0. The average Bonchev–Trinajstić information content (AvgIpc) is 2.65. The Labute approximate surface area is 149 Å². The van der Waals surface area contributed by atoms with E-state index in [4.69, 9.17) is 0 Å². The van der Waals surface area contributed by atoms with Gasteiger partial charge in [-0.1, -0.05) is 125 Å². The molecule has 0 N–H and O–H groups in total. The normalized spacial score (nSPS) is 11.1. The maximum Gasteiger partial charge on any atom is 0.00893 e. The van der Waals surface area contributed by atoms with E-state index in [-0.39, 0.29) is 0 Å². The van der Waals surface area contributed by atoms with Crippen LogP contribution in [-0.2, 0) is 0 Å². The van der Waals surface area contributed by atoms with Gasteiger partial charge in [-0.25, -0.2) is 0 Å². The van der Waals surface area contributed by atoms with Crippen molar-refractivity contribution in [2.24, 2.45) is 0 Å². The lowest BCUT2D eigenvalue weighted by atomic mass is 9.87. The van der Waals surface area contributed by atoms with Crippen molar-refractivity contribution in [2.45, 2.75) is 77.0 Å². The third-order valence-corrected chi connectivity index (χ3v) is 5.00.